The Labute approximate surface area is 108 Å². The molecule has 0 aliphatic heterocycles. The Morgan fingerprint density at radius 3 is 2.44 bits per heavy atom. The van der Waals surface area contributed by atoms with Crippen LogP contribution in [0.2, 0.25) is 0 Å². The van der Waals surface area contributed by atoms with Gasteiger partial charge in [-0.2, -0.15) is 0 Å². The number of methoxy groups -OCH3 is 2. The van der Waals surface area contributed by atoms with Gasteiger partial charge in [0.1, 0.15) is 17.3 Å². The van der Waals surface area contributed by atoms with Crippen molar-refractivity contribution in [3.05, 3.63) is 23.3 Å². The molecular formula is C14H21NO3. The maximum Gasteiger partial charge on any atom is 0.143 e. The molecule has 0 spiro atoms. The number of nitrogens with one attached hydrogen (secondary N) is 1. The number of carbonyl (C=O) groups is 1. The molecule has 1 rings (SSSR count). The van der Waals surface area contributed by atoms with Gasteiger partial charge in [0.15, 0.2) is 0 Å². The average Bonchev–Trinajstić information content (AvgIpc) is 2.35. The van der Waals surface area contributed by atoms with Crippen molar-refractivity contribution in [2.45, 2.75) is 20.3 Å². The Bertz CT molecular complexity index is 416. The summed E-state index contributed by atoms with van der Waals surface area (Å²) in [6.45, 7) is 4.70. The molecular weight excluding hydrogens is 230 g/mol. The van der Waals surface area contributed by atoms with Gasteiger partial charge in [0.25, 0.3) is 0 Å². The molecule has 18 heavy (non-hydrogen) atoms. The van der Waals surface area contributed by atoms with E-state index in [9.17, 15) is 4.79 Å². The molecule has 0 aromatic heterocycles. The van der Waals surface area contributed by atoms with Crippen LogP contribution in [0.3, 0.4) is 0 Å². The SMILES string of the molecule is COc1cc(CCNCC(C)=O)c(OC)cc1C. The van der Waals surface area contributed by atoms with Gasteiger partial charge in [-0.1, -0.05) is 0 Å². The Morgan fingerprint density at radius 2 is 1.89 bits per heavy atom. The fourth-order valence-corrected chi connectivity index (χ4v) is 1.80. The molecule has 100 valence electrons. The van der Waals surface area contributed by atoms with Gasteiger partial charge >= 0.3 is 0 Å². The zero-order valence-electron chi connectivity index (χ0n) is 11.5. The lowest BCUT2D eigenvalue weighted by Gasteiger charge is -2.13. The highest BCUT2D eigenvalue weighted by Gasteiger charge is 2.08. The molecule has 0 saturated carbocycles. The number of hydrogen-bond acceptors (Lipinski definition) is 4. The summed E-state index contributed by atoms with van der Waals surface area (Å²) in [5.41, 5.74) is 2.13. The first kappa shape index (κ1) is 14.5. The molecule has 0 amide bonds. The van der Waals surface area contributed by atoms with Gasteiger partial charge in [0.05, 0.1) is 20.8 Å². The van der Waals surface area contributed by atoms with Crippen molar-refractivity contribution >= 4 is 5.78 Å². The lowest BCUT2D eigenvalue weighted by Crippen LogP contribution is -2.23. The number of hydrogen-bond donors (Lipinski definition) is 1. The highest BCUT2D eigenvalue weighted by Crippen LogP contribution is 2.28. The molecule has 4 nitrogen and oxygen atoms in total. The molecule has 0 radical (unpaired) electrons. The van der Waals surface area contributed by atoms with E-state index in [4.69, 9.17) is 9.47 Å². The number of ketones is 1. The van der Waals surface area contributed by atoms with Crippen molar-refractivity contribution in [3.8, 4) is 11.5 Å². The van der Waals surface area contributed by atoms with E-state index in [1.165, 1.54) is 0 Å². The van der Waals surface area contributed by atoms with Crippen LogP contribution >= 0.6 is 0 Å². The van der Waals surface area contributed by atoms with Crippen molar-refractivity contribution in [2.75, 3.05) is 27.3 Å². The Kier molecular flexibility index (Phi) is 5.65. The van der Waals surface area contributed by atoms with E-state index >= 15 is 0 Å². The minimum atomic E-state index is 0.142. The molecule has 4 heteroatoms. The van der Waals surface area contributed by atoms with Gasteiger partial charge in [-0.25, -0.2) is 0 Å². The minimum absolute atomic E-state index is 0.142. The van der Waals surface area contributed by atoms with E-state index in [2.05, 4.69) is 5.32 Å². The summed E-state index contributed by atoms with van der Waals surface area (Å²) in [7, 11) is 3.32. The monoisotopic (exact) mass is 251 g/mol. The highest BCUT2D eigenvalue weighted by atomic mass is 16.5. The molecule has 0 saturated heterocycles. The van der Waals surface area contributed by atoms with Gasteiger partial charge in [0, 0.05) is 0 Å². The Morgan fingerprint density at radius 1 is 1.22 bits per heavy atom. The van der Waals surface area contributed by atoms with E-state index in [0.717, 1.165) is 35.6 Å². The maximum atomic E-state index is 10.8. The second kappa shape index (κ2) is 7.01. The van der Waals surface area contributed by atoms with Crippen LogP contribution in [0.15, 0.2) is 12.1 Å². The molecule has 1 aromatic rings. The predicted molar refractivity (Wildman–Crippen MR) is 71.5 cm³/mol. The largest absolute Gasteiger partial charge is 0.496 e. The highest BCUT2D eigenvalue weighted by molar-refractivity contribution is 5.77. The summed E-state index contributed by atoms with van der Waals surface area (Å²) in [6.07, 6.45) is 0.799. The molecule has 0 aliphatic carbocycles. The number of carbonyl (C=O) groups excluding carboxylic acids is 1. The minimum Gasteiger partial charge on any atom is -0.496 e. The lowest BCUT2D eigenvalue weighted by atomic mass is 10.1. The van der Waals surface area contributed by atoms with Gasteiger partial charge in [-0.05, 0) is 50.1 Å². The smallest absolute Gasteiger partial charge is 0.143 e. The number of Topliss-reactive ketones (excluding diaryl/α,β-unsaturated/α-hetero) is 1. The molecule has 0 heterocycles. The van der Waals surface area contributed by atoms with E-state index in [1.807, 2.05) is 19.1 Å². The van der Waals surface area contributed by atoms with Crippen molar-refractivity contribution in [1.29, 1.82) is 0 Å². The standard InChI is InChI=1S/C14H21NO3/c1-10-7-14(18-4)12(8-13(10)17-3)5-6-15-9-11(2)16/h7-8,15H,5-6,9H2,1-4H3. The molecule has 0 unspecified atom stereocenters. The third-order valence-electron chi connectivity index (χ3n) is 2.74. The van der Waals surface area contributed by atoms with Crippen LogP contribution < -0.4 is 14.8 Å². The van der Waals surface area contributed by atoms with Crippen molar-refractivity contribution in [1.82, 2.24) is 5.32 Å². The first-order valence-electron chi connectivity index (χ1n) is 6.00. The van der Waals surface area contributed by atoms with Gasteiger partial charge < -0.3 is 14.8 Å². The number of benzene rings is 1. The molecule has 0 atom stereocenters. The summed E-state index contributed by atoms with van der Waals surface area (Å²) in [5, 5.41) is 3.09. The molecule has 0 aliphatic rings. The first-order valence-corrected chi connectivity index (χ1v) is 6.00. The fourth-order valence-electron chi connectivity index (χ4n) is 1.80. The van der Waals surface area contributed by atoms with Crippen LogP contribution in [-0.2, 0) is 11.2 Å². The van der Waals surface area contributed by atoms with Crippen LogP contribution in [-0.4, -0.2) is 33.1 Å². The van der Waals surface area contributed by atoms with Gasteiger partial charge in [-0.15, -0.1) is 0 Å². The number of aryl methyl sites for hydroxylation is 1. The van der Waals surface area contributed by atoms with Gasteiger partial charge in [0.2, 0.25) is 0 Å². The fraction of sp³-hybridized carbons (Fsp3) is 0.500. The number of ether oxygens (including phenoxy) is 2. The first-order chi connectivity index (χ1) is 8.58. The third-order valence-corrected chi connectivity index (χ3v) is 2.74. The van der Waals surface area contributed by atoms with Gasteiger partial charge in [-0.3, -0.25) is 4.79 Å². The van der Waals surface area contributed by atoms with Crippen molar-refractivity contribution in [2.24, 2.45) is 0 Å². The third kappa shape index (κ3) is 4.04. The summed E-state index contributed by atoms with van der Waals surface area (Å²) in [5.74, 6) is 1.86. The molecule has 0 bridgehead atoms. The normalized spacial score (nSPS) is 10.2. The van der Waals surface area contributed by atoms with Crippen molar-refractivity contribution < 1.29 is 14.3 Å². The quantitative estimate of drug-likeness (QED) is 0.750. The molecule has 1 N–H and O–H groups in total. The van der Waals surface area contributed by atoms with E-state index in [0.29, 0.717) is 6.54 Å². The van der Waals surface area contributed by atoms with Crippen molar-refractivity contribution in [3.63, 3.8) is 0 Å². The van der Waals surface area contributed by atoms with E-state index in [-0.39, 0.29) is 5.78 Å². The predicted octanol–water partition coefficient (Wildman–Crippen LogP) is 1.73. The molecule has 0 fully saturated rings. The molecule has 1 aromatic carbocycles. The second-order valence-electron chi connectivity index (χ2n) is 4.26. The maximum absolute atomic E-state index is 10.8. The second-order valence-corrected chi connectivity index (χ2v) is 4.26. The van der Waals surface area contributed by atoms with Crippen LogP contribution in [0, 0.1) is 6.92 Å². The zero-order chi connectivity index (χ0) is 13.5. The van der Waals surface area contributed by atoms with Crippen LogP contribution in [0.1, 0.15) is 18.1 Å². The Hall–Kier alpha value is -1.55. The number of rotatable bonds is 7. The zero-order valence-corrected chi connectivity index (χ0v) is 11.5. The van der Waals surface area contributed by atoms with Crippen LogP contribution in [0.25, 0.3) is 0 Å². The topological polar surface area (TPSA) is 47.6 Å². The summed E-state index contributed by atoms with van der Waals surface area (Å²) in [6, 6.07) is 3.96. The average molecular weight is 251 g/mol. The summed E-state index contributed by atoms with van der Waals surface area (Å²) >= 11 is 0. The van der Waals surface area contributed by atoms with E-state index < -0.39 is 0 Å². The lowest BCUT2D eigenvalue weighted by molar-refractivity contribution is -0.116. The van der Waals surface area contributed by atoms with Crippen LogP contribution in [0.5, 0.6) is 11.5 Å². The summed E-state index contributed by atoms with van der Waals surface area (Å²) < 4.78 is 10.7. The van der Waals surface area contributed by atoms with E-state index in [1.54, 1.807) is 21.1 Å². The van der Waals surface area contributed by atoms with Crippen LogP contribution in [0.4, 0.5) is 0 Å². The summed E-state index contributed by atoms with van der Waals surface area (Å²) in [4.78, 5) is 10.8. The Balaban J connectivity index is 2.70.